The second-order valence-corrected chi connectivity index (χ2v) is 6.25. The van der Waals surface area contributed by atoms with Crippen LogP contribution in [0.5, 0.6) is 5.75 Å². The lowest BCUT2D eigenvalue weighted by molar-refractivity contribution is -0.142. The van der Waals surface area contributed by atoms with Crippen LogP contribution in [0.3, 0.4) is 0 Å². The third kappa shape index (κ3) is 4.18. The normalized spacial score (nSPS) is 18.4. The molecular formula is C20H22N2O3. The van der Waals surface area contributed by atoms with Crippen molar-refractivity contribution in [1.29, 1.82) is 0 Å². The van der Waals surface area contributed by atoms with Crippen molar-refractivity contribution in [3.8, 4) is 5.75 Å². The minimum atomic E-state index is -0.741. The van der Waals surface area contributed by atoms with Crippen LogP contribution < -0.4 is 10.5 Å². The fourth-order valence-electron chi connectivity index (χ4n) is 3.10. The van der Waals surface area contributed by atoms with Gasteiger partial charge in [-0.2, -0.15) is 0 Å². The summed E-state index contributed by atoms with van der Waals surface area (Å²) in [4.78, 5) is 26.3. The number of benzene rings is 2. The first-order valence-corrected chi connectivity index (χ1v) is 8.50. The lowest BCUT2D eigenvalue weighted by Gasteiger charge is -2.33. The Balaban J connectivity index is 1.83. The van der Waals surface area contributed by atoms with Crippen LogP contribution in [0.15, 0.2) is 60.7 Å². The maximum Gasteiger partial charge on any atom is 0.268 e. The second-order valence-electron chi connectivity index (χ2n) is 6.25. The Labute approximate surface area is 147 Å². The molecule has 2 atom stereocenters. The van der Waals surface area contributed by atoms with Gasteiger partial charge in [-0.1, -0.05) is 48.5 Å². The van der Waals surface area contributed by atoms with Crippen LogP contribution in [0, 0.1) is 5.92 Å². The van der Waals surface area contributed by atoms with Crippen molar-refractivity contribution < 1.29 is 14.3 Å². The van der Waals surface area contributed by atoms with Gasteiger partial charge in [-0.05, 0) is 25.0 Å². The number of piperidine rings is 1. The zero-order chi connectivity index (χ0) is 17.6. The van der Waals surface area contributed by atoms with Crippen molar-refractivity contribution in [2.45, 2.75) is 18.9 Å². The van der Waals surface area contributed by atoms with Crippen LogP contribution in [0.4, 0.5) is 0 Å². The highest BCUT2D eigenvalue weighted by Gasteiger charge is 2.33. The van der Waals surface area contributed by atoms with E-state index in [0.717, 1.165) is 18.4 Å². The van der Waals surface area contributed by atoms with E-state index in [1.54, 1.807) is 4.90 Å². The van der Waals surface area contributed by atoms with Gasteiger partial charge < -0.3 is 15.4 Å². The third-order valence-electron chi connectivity index (χ3n) is 4.46. The van der Waals surface area contributed by atoms with Gasteiger partial charge in [-0.15, -0.1) is 0 Å². The van der Waals surface area contributed by atoms with Crippen LogP contribution in [0.1, 0.15) is 24.5 Å². The van der Waals surface area contributed by atoms with Crippen molar-refractivity contribution in [2.24, 2.45) is 11.7 Å². The minimum absolute atomic E-state index is 0.138. The maximum atomic E-state index is 13.1. The molecule has 2 amide bonds. The van der Waals surface area contributed by atoms with Crippen LogP contribution in [0.25, 0.3) is 0 Å². The van der Waals surface area contributed by atoms with Gasteiger partial charge in [0.15, 0.2) is 0 Å². The van der Waals surface area contributed by atoms with Crippen molar-refractivity contribution in [3.05, 3.63) is 66.2 Å². The average molecular weight is 338 g/mol. The summed E-state index contributed by atoms with van der Waals surface area (Å²) in [7, 11) is 0. The highest BCUT2D eigenvalue weighted by molar-refractivity contribution is 5.84. The first-order chi connectivity index (χ1) is 12.1. The number of nitrogens with two attached hydrogens (primary N) is 1. The quantitative estimate of drug-likeness (QED) is 0.910. The molecule has 2 aromatic carbocycles. The zero-order valence-corrected chi connectivity index (χ0v) is 14.0. The molecule has 5 nitrogen and oxygen atoms in total. The van der Waals surface area contributed by atoms with Crippen molar-refractivity contribution in [1.82, 2.24) is 4.90 Å². The smallest absolute Gasteiger partial charge is 0.268 e. The van der Waals surface area contributed by atoms with Gasteiger partial charge in [0.05, 0.1) is 5.92 Å². The molecule has 1 fully saturated rings. The number of amides is 2. The summed E-state index contributed by atoms with van der Waals surface area (Å²) in [5, 5.41) is 0. The molecule has 3 rings (SSSR count). The van der Waals surface area contributed by atoms with Crippen molar-refractivity contribution >= 4 is 11.8 Å². The van der Waals surface area contributed by atoms with Gasteiger partial charge in [0, 0.05) is 18.7 Å². The molecule has 1 aliphatic rings. The number of primary amides is 1. The summed E-state index contributed by atoms with van der Waals surface area (Å²) >= 11 is 0. The fraction of sp³-hybridized carbons (Fsp3) is 0.300. The van der Waals surface area contributed by atoms with Crippen molar-refractivity contribution in [2.75, 3.05) is 13.1 Å². The molecule has 0 radical (unpaired) electrons. The first kappa shape index (κ1) is 17.0. The van der Waals surface area contributed by atoms with Gasteiger partial charge in [0.2, 0.25) is 12.0 Å². The molecule has 0 unspecified atom stereocenters. The summed E-state index contributed by atoms with van der Waals surface area (Å²) in [6.07, 6.45) is 0.760. The monoisotopic (exact) mass is 338 g/mol. The van der Waals surface area contributed by atoms with Gasteiger partial charge >= 0.3 is 0 Å². The number of nitrogens with zero attached hydrogens (tertiary/aromatic N) is 1. The Morgan fingerprint density at radius 2 is 1.68 bits per heavy atom. The van der Waals surface area contributed by atoms with E-state index >= 15 is 0 Å². The molecule has 0 aromatic heterocycles. The van der Waals surface area contributed by atoms with Crippen LogP contribution in [-0.4, -0.2) is 29.8 Å². The third-order valence-corrected chi connectivity index (χ3v) is 4.46. The average Bonchev–Trinajstić information content (AvgIpc) is 2.67. The van der Waals surface area contributed by atoms with E-state index in [0.29, 0.717) is 18.8 Å². The molecule has 130 valence electrons. The molecule has 0 saturated carbocycles. The Morgan fingerprint density at radius 1 is 1.04 bits per heavy atom. The van der Waals surface area contributed by atoms with E-state index in [1.807, 2.05) is 60.7 Å². The van der Waals surface area contributed by atoms with Crippen LogP contribution in [-0.2, 0) is 9.59 Å². The topological polar surface area (TPSA) is 72.6 Å². The maximum absolute atomic E-state index is 13.1. The molecule has 25 heavy (non-hydrogen) atoms. The van der Waals surface area contributed by atoms with Crippen LogP contribution in [0.2, 0.25) is 0 Å². The van der Waals surface area contributed by atoms with Crippen LogP contribution >= 0.6 is 0 Å². The molecule has 2 N–H and O–H groups in total. The molecule has 1 heterocycles. The summed E-state index contributed by atoms with van der Waals surface area (Å²) in [5.74, 6) is -0.141. The van der Waals surface area contributed by atoms with Gasteiger partial charge in [0.25, 0.3) is 5.91 Å². The van der Waals surface area contributed by atoms with E-state index in [1.165, 1.54) is 0 Å². The lowest BCUT2D eigenvalue weighted by Crippen LogP contribution is -2.46. The predicted octanol–water partition coefficient (Wildman–Crippen LogP) is 2.53. The van der Waals surface area contributed by atoms with E-state index in [4.69, 9.17) is 10.5 Å². The lowest BCUT2D eigenvalue weighted by atomic mass is 9.96. The molecule has 1 aliphatic heterocycles. The molecule has 5 heteroatoms. The number of rotatable bonds is 5. The zero-order valence-electron chi connectivity index (χ0n) is 14.0. The first-order valence-electron chi connectivity index (χ1n) is 8.50. The van der Waals surface area contributed by atoms with E-state index in [9.17, 15) is 9.59 Å². The van der Waals surface area contributed by atoms with Crippen molar-refractivity contribution in [3.63, 3.8) is 0 Å². The molecule has 0 aliphatic carbocycles. The standard InChI is InChI=1S/C20H22N2O3/c21-19(23)16-10-7-13-22(14-16)20(24)18(15-8-3-1-4-9-15)25-17-11-5-2-6-12-17/h1-6,8-9,11-12,16,18H,7,10,13-14H2,(H2,21,23)/t16-,18-/m0/s1. The molecular weight excluding hydrogens is 316 g/mol. The minimum Gasteiger partial charge on any atom is -0.476 e. The molecule has 0 spiro atoms. The second kappa shape index (κ2) is 7.83. The number of carbonyl (C=O) groups excluding carboxylic acids is 2. The molecule has 2 aromatic rings. The Hall–Kier alpha value is -2.82. The summed E-state index contributed by atoms with van der Waals surface area (Å²) in [6.45, 7) is 0.972. The van der Waals surface area contributed by atoms with Gasteiger partial charge in [-0.25, -0.2) is 0 Å². The summed E-state index contributed by atoms with van der Waals surface area (Å²) in [6, 6.07) is 18.7. The van der Waals surface area contributed by atoms with E-state index < -0.39 is 6.10 Å². The fourth-order valence-corrected chi connectivity index (χ4v) is 3.10. The van der Waals surface area contributed by atoms with E-state index in [2.05, 4.69) is 0 Å². The number of hydrogen-bond donors (Lipinski definition) is 1. The predicted molar refractivity (Wildman–Crippen MR) is 94.8 cm³/mol. The van der Waals surface area contributed by atoms with Gasteiger partial charge in [-0.3, -0.25) is 9.59 Å². The number of likely N-dealkylation sites (tertiary alicyclic amines) is 1. The largest absolute Gasteiger partial charge is 0.476 e. The number of carbonyl (C=O) groups is 2. The molecule has 0 bridgehead atoms. The number of hydrogen-bond acceptors (Lipinski definition) is 3. The summed E-state index contributed by atoms with van der Waals surface area (Å²) < 4.78 is 6.00. The number of ether oxygens (including phenoxy) is 1. The molecule has 1 saturated heterocycles. The number of para-hydroxylation sites is 1. The highest BCUT2D eigenvalue weighted by atomic mass is 16.5. The summed E-state index contributed by atoms with van der Waals surface area (Å²) in [5.41, 5.74) is 6.22. The highest BCUT2D eigenvalue weighted by Crippen LogP contribution is 2.26. The van der Waals surface area contributed by atoms with E-state index in [-0.39, 0.29) is 17.7 Å². The SMILES string of the molecule is NC(=O)[C@H]1CCCN(C(=O)[C@@H](Oc2ccccc2)c2ccccc2)C1. The Kier molecular flexibility index (Phi) is 5.33. The van der Waals surface area contributed by atoms with Gasteiger partial charge in [0.1, 0.15) is 5.75 Å². The Bertz CT molecular complexity index is 718. The Morgan fingerprint density at radius 3 is 2.32 bits per heavy atom.